The fourth-order valence-electron chi connectivity index (χ4n) is 0.779. The van der Waals surface area contributed by atoms with Crippen molar-refractivity contribution in [2.75, 3.05) is 0 Å². The second-order valence-electron chi connectivity index (χ2n) is 2.83. The highest BCUT2D eigenvalue weighted by molar-refractivity contribution is 9.13. The molecule has 0 radical (unpaired) electrons. The van der Waals surface area contributed by atoms with Crippen molar-refractivity contribution < 1.29 is 5.11 Å². The first-order chi connectivity index (χ1) is 6.00. The largest absolute Gasteiger partial charge is 0.389 e. The number of halogens is 2. The van der Waals surface area contributed by atoms with Crippen LogP contribution in [0.2, 0.25) is 0 Å². The van der Waals surface area contributed by atoms with E-state index in [4.69, 9.17) is 0 Å². The summed E-state index contributed by atoms with van der Waals surface area (Å²) >= 11 is 8.48. The van der Waals surface area contributed by atoms with Crippen LogP contribution in [0, 0.1) is 0 Å². The van der Waals surface area contributed by atoms with Gasteiger partial charge in [-0.2, -0.15) is 0 Å². The number of aliphatic hydroxyl groups is 1. The van der Waals surface area contributed by atoms with Crippen LogP contribution in [0.4, 0.5) is 0 Å². The maximum atomic E-state index is 9.27. The molecule has 0 spiro atoms. The third-order valence-corrected chi connectivity index (χ3v) is 4.90. The summed E-state index contributed by atoms with van der Waals surface area (Å²) in [5.41, 5.74) is 0.973. The molecule has 1 aromatic heterocycles. The van der Waals surface area contributed by atoms with Crippen LogP contribution in [-0.2, 0) is 0 Å². The second kappa shape index (κ2) is 4.73. The number of hydrogen-bond donors (Lipinski definition) is 1. The van der Waals surface area contributed by atoms with Crippen molar-refractivity contribution in [3.05, 3.63) is 24.8 Å². The molecule has 1 atom stereocenters. The molecule has 4 heteroatoms. The minimum atomic E-state index is -0.375. The van der Waals surface area contributed by atoms with Gasteiger partial charge in [0, 0.05) is 9.35 Å². The smallest absolute Gasteiger partial charge is 0.0846 e. The predicted molar refractivity (Wildman–Crippen MR) is 65.1 cm³/mol. The molecule has 0 aromatic carbocycles. The van der Waals surface area contributed by atoms with Crippen LogP contribution >= 0.6 is 43.2 Å². The summed E-state index contributed by atoms with van der Waals surface area (Å²) in [5.74, 6) is 0. The molecule has 1 nitrogen and oxygen atoms in total. The third kappa shape index (κ3) is 3.20. The molecular formula is C9H10Br2OS. The molecule has 0 aliphatic rings. The van der Waals surface area contributed by atoms with Crippen LogP contribution in [0.1, 0.15) is 18.7 Å². The Labute approximate surface area is 98.7 Å². The van der Waals surface area contributed by atoms with Gasteiger partial charge in [-0.05, 0) is 63.4 Å². The zero-order valence-corrected chi connectivity index (χ0v) is 11.3. The van der Waals surface area contributed by atoms with Crippen molar-refractivity contribution in [3.8, 4) is 0 Å². The summed E-state index contributed by atoms with van der Waals surface area (Å²) in [6, 6.07) is 2.03. The maximum Gasteiger partial charge on any atom is 0.0846 e. The van der Waals surface area contributed by atoms with Crippen molar-refractivity contribution in [2.24, 2.45) is 0 Å². The normalized spacial score (nSPS) is 14.7. The molecule has 1 heterocycles. The molecule has 0 saturated heterocycles. The average Bonchev–Trinajstić information content (AvgIpc) is 2.31. The highest BCUT2D eigenvalue weighted by atomic mass is 79.9. The molecule has 0 saturated carbocycles. The minimum absolute atomic E-state index is 0.375. The minimum Gasteiger partial charge on any atom is -0.389 e. The first-order valence-electron chi connectivity index (χ1n) is 3.82. The Kier molecular flexibility index (Phi) is 4.16. The number of rotatable bonds is 2. The maximum absolute atomic E-state index is 9.27. The third-order valence-electron chi connectivity index (χ3n) is 1.69. The summed E-state index contributed by atoms with van der Waals surface area (Å²) in [7, 11) is 0. The van der Waals surface area contributed by atoms with Crippen LogP contribution in [0.25, 0.3) is 6.08 Å². The molecule has 72 valence electrons. The van der Waals surface area contributed by atoms with Gasteiger partial charge in [0.05, 0.1) is 9.89 Å². The van der Waals surface area contributed by atoms with Crippen molar-refractivity contribution in [1.29, 1.82) is 0 Å². The molecule has 1 unspecified atom stereocenters. The molecule has 1 rings (SSSR count). The van der Waals surface area contributed by atoms with E-state index >= 15 is 0 Å². The van der Waals surface area contributed by atoms with E-state index in [1.807, 2.05) is 19.1 Å². The van der Waals surface area contributed by atoms with E-state index in [0.29, 0.717) is 0 Å². The Morgan fingerprint density at radius 1 is 1.62 bits per heavy atom. The zero-order chi connectivity index (χ0) is 10.0. The molecule has 0 fully saturated rings. The molecule has 1 N–H and O–H groups in total. The van der Waals surface area contributed by atoms with Gasteiger partial charge in [0.2, 0.25) is 0 Å². The van der Waals surface area contributed by atoms with Gasteiger partial charge in [0.15, 0.2) is 0 Å². The van der Waals surface area contributed by atoms with Crippen molar-refractivity contribution in [1.82, 2.24) is 0 Å². The molecule has 0 bridgehead atoms. The van der Waals surface area contributed by atoms with Crippen LogP contribution in [0.5, 0.6) is 0 Å². The van der Waals surface area contributed by atoms with Gasteiger partial charge in [0.25, 0.3) is 0 Å². The molecule has 1 aromatic rings. The van der Waals surface area contributed by atoms with Gasteiger partial charge in [-0.3, -0.25) is 0 Å². The zero-order valence-electron chi connectivity index (χ0n) is 7.34. The quantitative estimate of drug-likeness (QED) is 0.869. The Morgan fingerprint density at radius 2 is 2.23 bits per heavy atom. The van der Waals surface area contributed by atoms with Crippen LogP contribution in [0.15, 0.2) is 19.9 Å². The lowest BCUT2D eigenvalue weighted by Crippen LogP contribution is -1.99. The number of aliphatic hydroxyl groups excluding tert-OH is 1. The Hall–Kier alpha value is 0.360. The fraction of sp³-hybridized carbons (Fsp3) is 0.333. The summed E-state index contributed by atoms with van der Waals surface area (Å²) in [5, 5.41) is 9.27. The van der Waals surface area contributed by atoms with Crippen LogP contribution < -0.4 is 0 Å². The van der Waals surface area contributed by atoms with Crippen LogP contribution in [-0.4, -0.2) is 11.2 Å². The van der Waals surface area contributed by atoms with Gasteiger partial charge in [-0.25, -0.2) is 0 Å². The van der Waals surface area contributed by atoms with Crippen molar-refractivity contribution in [3.63, 3.8) is 0 Å². The highest BCUT2D eigenvalue weighted by Gasteiger charge is 2.03. The topological polar surface area (TPSA) is 20.2 Å². The van der Waals surface area contributed by atoms with E-state index in [-0.39, 0.29) is 6.10 Å². The van der Waals surface area contributed by atoms with E-state index in [9.17, 15) is 5.11 Å². The molecular weight excluding hydrogens is 316 g/mol. The van der Waals surface area contributed by atoms with E-state index in [2.05, 4.69) is 31.9 Å². The van der Waals surface area contributed by atoms with E-state index < -0.39 is 0 Å². The number of thiophene rings is 1. The Bertz CT molecular complexity index is 309. The average molecular weight is 326 g/mol. The molecule has 0 aliphatic heterocycles. The van der Waals surface area contributed by atoms with Crippen LogP contribution in [0.3, 0.4) is 0 Å². The van der Waals surface area contributed by atoms with Gasteiger partial charge in [0.1, 0.15) is 0 Å². The summed E-state index contributed by atoms with van der Waals surface area (Å²) < 4.78 is 2.14. The summed E-state index contributed by atoms with van der Waals surface area (Å²) in [6.07, 6.45) is 1.62. The fourth-order valence-corrected chi connectivity index (χ4v) is 2.88. The summed E-state index contributed by atoms with van der Waals surface area (Å²) in [4.78, 5) is 1.14. The molecule has 0 aliphatic carbocycles. The van der Waals surface area contributed by atoms with Gasteiger partial charge < -0.3 is 5.11 Å². The SMILES string of the molecule is CC(=Cc1cc(Br)c(Br)s1)C(C)O. The lowest BCUT2D eigenvalue weighted by atomic mass is 10.2. The van der Waals surface area contributed by atoms with Gasteiger partial charge >= 0.3 is 0 Å². The van der Waals surface area contributed by atoms with Crippen molar-refractivity contribution >= 4 is 49.3 Å². The standard InChI is InChI=1S/C9H10Br2OS/c1-5(6(2)12)3-7-4-8(10)9(11)13-7/h3-4,6,12H,1-2H3. The molecule has 0 amide bonds. The van der Waals surface area contributed by atoms with Crippen molar-refractivity contribution in [2.45, 2.75) is 20.0 Å². The predicted octanol–water partition coefficient (Wildman–Crippen LogP) is 4.06. The lowest BCUT2D eigenvalue weighted by Gasteiger charge is -2.01. The summed E-state index contributed by atoms with van der Waals surface area (Å²) in [6.45, 7) is 3.69. The lowest BCUT2D eigenvalue weighted by molar-refractivity contribution is 0.232. The molecule has 13 heavy (non-hydrogen) atoms. The van der Waals surface area contributed by atoms with E-state index in [1.165, 1.54) is 0 Å². The first kappa shape index (κ1) is 11.4. The van der Waals surface area contributed by atoms with E-state index in [0.717, 1.165) is 18.7 Å². The highest BCUT2D eigenvalue weighted by Crippen LogP contribution is 2.33. The van der Waals surface area contributed by atoms with Gasteiger partial charge in [-0.15, -0.1) is 11.3 Å². The second-order valence-corrected chi connectivity index (χ2v) is 6.09. The van der Waals surface area contributed by atoms with Gasteiger partial charge in [-0.1, -0.05) is 0 Å². The Balaban J connectivity index is 2.91. The first-order valence-corrected chi connectivity index (χ1v) is 6.22. The monoisotopic (exact) mass is 324 g/mol. The Morgan fingerprint density at radius 3 is 2.62 bits per heavy atom. The van der Waals surface area contributed by atoms with E-state index in [1.54, 1.807) is 18.3 Å². The number of hydrogen-bond acceptors (Lipinski definition) is 2.